The minimum absolute atomic E-state index is 0.734. The molecular weight excluding hydrogens is 228 g/mol. The molecule has 1 aliphatic rings. The molecule has 0 amide bonds. The summed E-state index contributed by atoms with van der Waals surface area (Å²) in [5.41, 5.74) is 7.57. The lowest BCUT2D eigenvalue weighted by Crippen LogP contribution is -2.32. The van der Waals surface area contributed by atoms with Gasteiger partial charge in [-0.05, 0) is 17.7 Å². The van der Waals surface area contributed by atoms with E-state index in [1.165, 1.54) is 17.1 Å². The quantitative estimate of drug-likeness (QED) is 0.808. The highest BCUT2D eigenvalue weighted by atomic mass is 35.5. The van der Waals surface area contributed by atoms with E-state index in [1.54, 1.807) is 0 Å². The molecule has 0 unspecified atom stereocenters. The molecule has 0 saturated carbocycles. The molecule has 2 nitrogen and oxygen atoms in total. The van der Waals surface area contributed by atoms with E-state index in [4.69, 9.17) is 17.3 Å². The van der Waals surface area contributed by atoms with E-state index in [-0.39, 0.29) is 0 Å². The first kappa shape index (κ1) is 11.1. The molecule has 1 aromatic rings. The fraction of sp³-hybridized carbons (Fsp3) is 0.455. The zero-order valence-corrected chi connectivity index (χ0v) is 10.2. The van der Waals surface area contributed by atoms with E-state index in [9.17, 15) is 0 Å². The number of thioether (sulfide) groups is 1. The molecule has 0 aromatic heterocycles. The first-order valence-electron chi connectivity index (χ1n) is 5.10. The number of nitrogens with zero attached hydrogens (tertiary/aromatic N) is 1. The van der Waals surface area contributed by atoms with Gasteiger partial charge in [-0.3, -0.25) is 4.90 Å². The van der Waals surface area contributed by atoms with Crippen molar-refractivity contribution in [1.82, 2.24) is 4.90 Å². The minimum Gasteiger partial charge on any atom is -0.399 e. The standard InChI is InChI=1S/C11H15ClN2S/c12-11-7-10(13)2-1-9(11)8-14-3-5-15-6-4-14/h1-2,7H,3-6,8,13H2. The number of nitrogens with two attached hydrogens (primary N) is 1. The summed E-state index contributed by atoms with van der Waals surface area (Å²) in [5.74, 6) is 2.46. The molecule has 4 heteroatoms. The summed E-state index contributed by atoms with van der Waals surface area (Å²) in [4.78, 5) is 2.44. The van der Waals surface area contributed by atoms with Crippen molar-refractivity contribution < 1.29 is 0 Å². The van der Waals surface area contributed by atoms with Gasteiger partial charge in [0.2, 0.25) is 0 Å². The Morgan fingerprint density at radius 2 is 2.07 bits per heavy atom. The van der Waals surface area contributed by atoms with Gasteiger partial charge in [-0.25, -0.2) is 0 Å². The predicted octanol–water partition coefficient (Wildman–Crippen LogP) is 2.47. The van der Waals surface area contributed by atoms with Crippen molar-refractivity contribution in [2.24, 2.45) is 0 Å². The second-order valence-corrected chi connectivity index (χ2v) is 5.37. The van der Waals surface area contributed by atoms with E-state index < -0.39 is 0 Å². The van der Waals surface area contributed by atoms with E-state index in [2.05, 4.69) is 4.90 Å². The second kappa shape index (κ2) is 5.10. The van der Waals surface area contributed by atoms with E-state index in [0.717, 1.165) is 30.3 Å². The monoisotopic (exact) mass is 242 g/mol. The van der Waals surface area contributed by atoms with Gasteiger partial charge in [0.05, 0.1) is 0 Å². The van der Waals surface area contributed by atoms with Crippen LogP contribution in [0.25, 0.3) is 0 Å². The first-order chi connectivity index (χ1) is 7.25. The molecule has 1 aliphatic heterocycles. The Labute approximate surface area is 99.8 Å². The van der Waals surface area contributed by atoms with Crippen molar-refractivity contribution in [3.63, 3.8) is 0 Å². The minimum atomic E-state index is 0.734. The van der Waals surface area contributed by atoms with E-state index in [1.807, 2.05) is 30.0 Å². The molecule has 2 N–H and O–H groups in total. The summed E-state index contributed by atoms with van der Waals surface area (Å²) >= 11 is 8.16. The number of hydrogen-bond acceptors (Lipinski definition) is 3. The van der Waals surface area contributed by atoms with Crippen molar-refractivity contribution in [1.29, 1.82) is 0 Å². The number of anilines is 1. The highest BCUT2D eigenvalue weighted by Gasteiger charge is 2.12. The summed E-state index contributed by atoms with van der Waals surface area (Å²) < 4.78 is 0. The number of rotatable bonds is 2. The predicted molar refractivity (Wildman–Crippen MR) is 68.5 cm³/mol. The van der Waals surface area contributed by atoms with Gasteiger partial charge < -0.3 is 5.73 Å². The lowest BCUT2D eigenvalue weighted by Gasteiger charge is -2.26. The maximum atomic E-state index is 6.14. The van der Waals surface area contributed by atoms with Crippen LogP contribution in [0.3, 0.4) is 0 Å². The van der Waals surface area contributed by atoms with Gasteiger partial charge in [-0.1, -0.05) is 17.7 Å². The summed E-state index contributed by atoms with van der Waals surface area (Å²) in [7, 11) is 0. The third kappa shape index (κ3) is 3.03. The Morgan fingerprint density at radius 1 is 1.33 bits per heavy atom. The summed E-state index contributed by atoms with van der Waals surface area (Å²) in [6.07, 6.45) is 0. The topological polar surface area (TPSA) is 29.3 Å². The SMILES string of the molecule is Nc1ccc(CN2CCSCC2)c(Cl)c1. The highest BCUT2D eigenvalue weighted by molar-refractivity contribution is 7.99. The van der Waals surface area contributed by atoms with Gasteiger partial charge >= 0.3 is 0 Å². The molecule has 0 aliphatic carbocycles. The molecule has 1 heterocycles. The van der Waals surface area contributed by atoms with Gasteiger partial charge in [0.25, 0.3) is 0 Å². The Balaban J connectivity index is 2.03. The van der Waals surface area contributed by atoms with E-state index in [0.29, 0.717) is 0 Å². The average molecular weight is 243 g/mol. The van der Waals surface area contributed by atoms with Gasteiger partial charge in [-0.2, -0.15) is 11.8 Å². The fourth-order valence-electron chi connectivity index (χ4n) is 1.69. The Bertz CT molecular complexity index is 337. The van der Waals surface area contributed by atoms with Crippen LogP contribution in [0, 0.1) is 0 Å². The second-order valence-electron chi connectivity index (χ2n) is 3.74. The van der Waals surface area contributed by atoms with E-state index >= 15 is 0 Å². The molecule has 15 heavy (non-hydrogen) atoms. The Hall–Kier alpha value is -0.380. The van der Waals surface area contributed by atoms with Crippen molar-refractivity contribution in [2.75, 3.05) is 30.3 Å². The number of nitrogen functional groups attached to an aromatic ring is 1. The fourth-order valence-corrected chi connectivity index (χ4v) is 2.92. The van der Waals surface area contributed by atoms with Crippen LogP contribution in [0.4, 0.5) is 5.69 Å². The lowest BCUT2D eigenvalue weighted by atomic mass is 10.2. The zero-order valence-electron chi connectivity index (χ0n) is 8.58. The summed E-state index contributed by atoms with van der Waals surface area (Å²) in [6, 6.07) is 5.77. The third-order valence-corrected chi connectivity index (χ3v) is 3.87. The van der Waals surface area contributed by atoms with Crippen LogP contribution in [-0.2, 0) is 6.54 Å². The van der Waals surface area contributed by atoms with Gasteiger partial charge in [0, 0.05) is 41.8 Å². The Morgan fingerprint density at radius 3 is 2.73 bits per heavy atom. The molecule has 0 bridgehead atoms. The van der Waals surface area contributed by atoms with Crippen LogP contribution in [0.2, 0.25) is 5.02 Å². The highest BCUT2D eigenvalue weighted by Crippen LogP contribution is 2.21. The van der Waals surface area contributed by atoms with Crippen molar-refractivity contribution in [3.8, 4) is 0 Å². The molecule has 0 radical (unpaired) electrons. The van der Waals surface area contributed by atoms with Gasteiger partial charge in [-0.15, -0.1) is 0 Å². The normalized spacial score (nSPS) is 17.9. The van der Waals surface area contributed by atoms with Gasteiger partial charge in [0.15, 0.2) is 0 Å². The molecule has 82 valence electrons. The van der Waals surface area contributed by atoms with Crippen LogP contribution in [-0.4, -0.2) is 29.5 Å². The van der Waals surface area contributed by atoms with Crippen LogP contribution in [0.1, 0.15) is 5.56 Å². The maximum absolute atomic E-state index is 6.14. The summed E-state index contributed by atoms with van der Waals surface area (Å²) in [5, 5.41) is 0.785. The van der Waals surface area contributed by atoms with Gasteiger partial charge in [0.1, 0.15) is 0 Å². The van der Waals surface area contributed by atoms with Crippen molar-refractivity contribution in [3.05, 3.63) is 28.8 Å². The molecule has 0 atom stereocenters. The number of hydrogen-bond donors (Lipinski definition) is 1. The molecular formula is C11H15ClN2S. The lowest BCUT2D eigenvalue weighted by molar-refractivity contribution is 0.294. The molecule has 1 saturated heterocycles. The van der Waals surface area contributed by atoms with Crippen LogP contribution >= 0.6 is 23.4 Å². The third-order valence-electron chi connectivity index (χ3n) is 2.57. The smallest absolute Gasteiger partial charge is 0.0471 e. The molecule has 2 rings (SSSR count). The van der Waals surface area contributed by atoms with Crippen LogP contribution < -0.4 is 5.73 Å². The van der Waals surface area contributed by atoms with Crippen molar-refractivity contribution >= 4 is 29.1 Å². The number of halogens is 1. The van der Waals surface area contributed by atoms with Crippen LogP contribution in [0.5, 0.6) is 0 Å². The molecule has 0 spiro atoms. The molecule has 1 aromatic carbocycles. The Kier molecular flexibility index (Phi) is 3.78. The average Bonchev–Trinajstić information content (AvgIpc) is 2.24. The molecule has 1 fully saturated rings. The maximum Gasteiger partial charge on any atom is 0.0471 e. The largest absolute Gasteiger partial charge is 0.399 e. The van der Waals surface area contributed by atoms with Crippen molar-refractivity contribution in [2.45, 2.75) is 6.54 Å². The summed E-state index contributed by atoms with van der Waals surface area (Å²) in [6.45, 7) is 3.26. The van der Waals surface area contributed by atoms with Crippen LogP contribution in [0.15, 0.2) is 18.2 Å². The zero-order chi connectivity index (χ0) is 10.7. The number of benzene rings is 1. The first-order valence-corrected chi connectivity index (χ1v) is 6.63.